The molecule has 4 aliphatic rings. The second kappa shape index (κ2) is 13.5. The highest BCUT2D eigenvalue weighted by atomic mass is 127. The maximum Gasteiger partial charge on any atom is 0.363 e. The molecule has 5 atom stereocenters. The van der Waals surface area contributed by atoms with Crippen molar-refractivity contribution in [1.29, 1.82) is 0 Å². The summed E-state index contributed by atoms with van der Waals surface area (Å²) in [6.07, 6.45) is -1.16. The van der Waals surface area contributed by atoms with Gasteiger partial charge < -0.3 is 24.2 Å². The number of hydrogen-bond acceptors (Lipinski definition) is 6. The van der Waals surface area contributed by atoms with Gasteiger partial charge in [0.15, 0.2) is 6.23 Å². The number of ether oxygens (including phenoxy) is 3. The Morgan fingerprint density at radius 2 is 1.36 bits per heavy atom. The molecule has 2 heterocycles. The second-order valence-electron chi connectivity index (χ2n) is 15.8. The van der Waals surface area contributed by atoms with E-state index in [1.54, 1.807) is 25.8 Å². The van der Waals surface area contributed by atoms with Crippen LogP contribution in [0.3, 0.4) is 0 Å². The topological polar surface area (TPSA) is 74.8 Å². The molecule has 0 aromatic heterocycles. The normalized spacial score (nSPS) is 26.9. The van der Waals surface area contributed by atoms with E-state index in [1.807, 2.05) is 60.7 Å². The standard InChI is InChI=1S/C46H40F5IN2O5/c1-5-41(3,6-2)59-45(50)43(47,48)44(49,52)46(45,51)58-31-23-24-34-35(25-31)39(56)54(40-38(34)57-40)30-21-17-28(18-22-30)42(27-15-19-29(20-16-27)53(4)26-55)36-13-9-7-11-32(36)33-12-8-10-14-37(33)42/h7-25,38,40,55H,5-6,26H2,1-4H3. The number of amides is 1. The zero-order chi connectivity index (χ0) is 41.9. The first-order valence-electron chi connectivity index (χ1n) is 19.4. The predicted molar refractivity (Wildman–Crippen MR) is 221 cm³/mol. The van der Waals surface area contributed by atoms with E-state index in [1.165, 1.54) is 24.0 Å². The smallest absolute Gasteiger partial charge is 0.363 e. The highest BCUT2D eigenvalue weighted by molar-refractivity contribution is 14.1. The summed E-state index contributed by atoms with van der Waals surface area (Å²) in [5.74, 6) is -14.8. The molecule has 13 heteroatoms. The third-order valence-electron chi connectivity index (χ3n) is 12.7. The molecule has 2 aliphatic heterocycles. The first-order chi connectivity index (χ1) is 28.0. The van der Waals surface area contributed by atoms with Gasteiger partial charge in [-0.15, -0.1) is 0 Å². The molecule has 2 fully saturated rings. The largest absolute Gasteiger partial charge is 0.449 e. The van der Waals surface area contributed by atoms with E-state index in [9.17, 15) is 9.90 Å². The molecular weight excluding hydrogens is 882 g/mol. The summed E-state index contributed by atoms with van der Waals surface area (Å²) in [6, 6.07) is 35.8. The van der Waals surface area contributed by atoms with Crippen molar-refractivity contribution in [1.82, 2.24) is 0 Å². The van der Waals surface area contributed by atoms with Gasteiger partial charge in [0.1, 0.15) is 18.6 Å². The number of epoxide rings is 1. The minimum absolute atomic E-state index is 0.00156. The number of carbonyl (C=O) groups excluding carboxylic acids is 1. The fourth-order valence-corrected chi connectivity index (χ4v) is 9.72. The number of carbonyl (C=O) groups is 1. The van der Waals surface area contributed by atoms with Gasteiger partial charge in [0.25, 0.3) is 5.91 Å². The summed E-state index contributed by atoms with van der Waals surface area (Å²) in [6.45, 7) is 4.31. The van der Waals surface area contributed by atoms with Gasteiger partial charge >= 0.3 is 21.3 Å². The number of aliphatic hydroxyl groups is 1. The van der Waals surface area contributed by atoms with Crippen molar-refractivity contribution < 1.29 is 46.1 Å². The average Bonchev–Trinajstić information content (AvgIpc) is 3.99. The van der Waals surface area contributed by atoms with Crippen LogP contribution in [0.25, 0.3) is 11.1 Å². The van der Waals surface area contributed by atoms with E-state index >= 15 is 22.0 Å². The number of benzene rings is 5. The first-order valence-corrected chi connectivity index (χ1v) is 20.5. The van der Waals surface area contributed by atoms with Crippen LogP contribution in [0.4, 0.5) is 33.3 Å². The Kier molecular flexibility index (Phi) is 9.10. The third-order valence-corrected chi connectivity index (χ3v) is 14.1. The van der Waals surface area contributed by atoms with Crippen molar-refractivity contribution in [2.24, 2.45) is 0 Å². The van der Waals surface area contributed by atoms with Gasteiger partial charge in [0.2, 0.25) is 0 Å². The van der Waals surface area contributed by atoms with E-state index in [4.69, 9.17) is 14.2 Å². The van der Waals surface area contributed by atoms with E-state index in [-0.39, 0.29) is 25.1 Å². The van der Waals surface area contributed by atoms with Crippen LogP contribution < -0.4 is 14.5 Å². The van der Waals surface area contributed by atoms with Crippen molar-refractivity contribution in [2.45, 2.75) is 78.3 Å². The van der Waals surface area contributed by atoms with Crippen LogP contribution in [0.2, 0.25) is 0 Å². The maximum atomic E-state index is 16.5. The van der Waals surface area contributed by atoms with E-state index in [2.05, 4.69) is 36.4 Å². The Morgan fingerprint density at radius 1 is 0.797 bits per heavy atom. The summed E-state index contributed by atoms with van der Waals surface area (Å²) in [7, 11) is 1.80. The Labute approximate surface area is 351 Å². The molecule has 59 heavy (non-hydrogen) atoms. The van der Waals surface area contributed by atoms with Gasteiger partial charge in [-0.1, -0.05) is 92.7 Å². The molecule has 0 spiro atoms. The van der Waals surface area contributed by atoms with Crippen LogP contribution in [0.1, 0.15) is 77.9 Å². The van der Waals surface area contributed by atoms with Gasteiger partial charge in [-0.3, -0.25) is 9.69 Å². The Morgan fingerprint density at radius 3 is 1.92 bits per heavy atom. The molecule has 306 valence electrons. The summed E-state index contributed by atoms with van der Waals surface area (Å²) in [5.41, 5.74) is 5.72. The lowest BCUT2D eigenvalue weighted by atomic mass is 9.67. The quantitative estimate of drug-likeness (QED) is 0.0459. The lowest BCUT2D eigenvalue weighted by molar-refractivity contribution is -0.500. The molecule has 9 rings (SSSR count). The third kappa shape index (κ3) is 5.29. The number of anilines is 2. The molecule has 7 nitrogen and oxygen atoms in total. The molecule has 5 aromatic rings. The highest BCUT2D eigenvalue weighted by Crippen LogP contribution is 2.71. The molecule has 1 saturated carbocycles. The van der Waals surface area contributed by atoms with E-state index < -0.39 is 56.3 Å². The molecule has 5 unspecified atom stereocenters. The molecule has 1 saturated heterocycles. The van der Waals surface area contributed by atoms with Crippen molar-refractivity contribution in [3.63, 3.8) is 0 Å². The summed E-state index contributed by atoms with van der Waals surface area (Å²) < 4.78 is 90.8. The number of halogens is 6. The minimum atomic E-state index is -4.91. The van der Waals surface area contributed by atoms with Gasteiger partial charge in [-0.05, 0) is 118 Å². The highest BCUT2D eigenvalue weighted by Gasteiger charge is 3.00. The van der Waals surface area contributed by atoms with Crippen LogP contribution in [0.5, 0.6) is 5.75 Å². The zero-order valence-corrected chi connectivity index (χ0v) is 34.6. The number of rotatable bonds is 11. The van der Waals surface area contributed by atoms with Crippen molar-refractivity contribution in [3.05, 3.63) is 149 Å². The minimum Gasteiger partial charge on any atom is -0.449 e. The van der Waals surface area contributed by atoms with Gasteiger partial charge in [0.05, 0.1) is 11.0 Å². The number of fused-ring (bicyclic) bond motifs is 6. The van der Waals surface area contributed by atoms with E-state index in [0.717, 1.165) is 45.1 Å². The maximum absolute atomic E-state index is 16.5. The summed E-state index contributed by atoms with van der Waals surface area (Å²) >= 11 is 0.529. The molecule has 0 radical (unpaired) electrons. The van der Waals surface area contributed by atoms with Crippen LogP contribution in [0.15, 0.2) is 115 Å². The first kappa shape index (κ1) is 39.9. The lowest BCUT2D eigenvalue weighted by Gasteiger charge is -2.59. The molecule has 0 bridgehead atoms. The Bertz CT molecular complexity index is 2440. The SMILES string of the molecule is CCC(C)(CC)OC1(F)C(F)(F)C(F)(I)C1(F)Oc1ccc2c(c1)C(=O)N(c1ccc(C3(c4ccc(N(C)CO)cc4)c4ccccc4-c4ccccc43)cc1)C1OC21. The van der Waals surface area contributed by atoms with Crippen LogP contribution in [0, 0.1) is 0 Å². The van der Waals surface area contributed by atoms with Crippen molar-refractivity contribution in [2.75, 3.05) is 23.6 Å². The molecular formula is C46H40F5IN2O5. The monoisotopic (exact) mass is 922 g/mol. The Balaban J connectivity index is 1.08. The van der Waals surface area contributed by atoms with Gasteiger partial charge in [-0.25, -0.2) is 4.39 Å². The summed E-state index contributed by atoms with van der Waals surface area (Å²) in [4.78, 5) is 17.5. The number of aliphatic hydroxyl groups excluding tert-OH is 1. The fourth-order valence-electron chi connectivity index (χ4n) is 8.91. The fraction of sp³-hybridized carbons (Fsp3) is 0.326. The second-order valence-corrected chi connectivity index (χ2v) is 17.3. The lowest BCUT2D eigenvalue weighted by Crippen LogP contribution is -2.88. The molecule has 2 aliphatic carbocycles. The van der Waals surface area contributed by atoms with E-state index in [0.29, 0.717) is 33.8 Å². The van der Waals surface area contributed by atoms with Crippen LogP contribution in [-0.4, -0.2) is 57.9 Å². The predicted octanol–water partition coefficient (Wildman–Crippen LogP) is 10.5. The van der Waals surface area contributed by atoms with Gasteiger partial charge in [-0.2, -0.15) is 17.6 Å². The van der Waals surface area contributed by atoms with Crippen LogP contribution >= 0.6 is 22.6 Å². The van der Waals surface area contributed by atoms with Crippen LogP contribution in [-0.2, 0) is 14.9 Å². The van der Waals surface area contributed by atoms with Crippen molar-refractivity contribution >= 4 is 39.9 Å². The number of hydrogen-bond donors (Lipinski definition) is 1. The number of alkyl halides is 6. The number of nitrogens with zero attached hydrogens (tertiary/aromatic N) is 2. The molecule has 5 aromatic carbocycles. The zero-order valence-electron chi connectivity index (χ0n) is 32.5. The molecule has 1 N–H and O–H groups in total. The van der Waals surface area contributed by atoms with Crippen molar-refractivity contribution in [3.8, 4) is 16.9 Å². The van der Waals surface area contributed by atoms with Gasteiger partial charge in [0, 0.05) is 24.0 Å². The molecule has 1 amide bonds. The summed E-state index contributed by atoms with van der Waals surface area (Å²) in [5, 5.41) is 9.77. The Hall–Kier alpha value is -4.57. The average molecular weight is 923 g/mol.